The first-order valence-electron chi connectivity index (χ1n) is 12.1. The molecule has 2 aromatic rings. The smallest absolute Gasteiger partial charge is 0.253 e. The number of amides is 1. The third-order valence-corrected chi connectivity index (χ3v) is 6.89. The van der Waals surface area contributed by atoms with E-state index in [0.717, 1.165) is 29.9 Å². The topological polar surface area (TPSA) is 95.5 Å². The van der Waals surface area contributed by atoms with E-state index in [-0.39, 0.29) is 16.7 Å². The van der Waals surface area contributed by atoms with E-state index in [0.29, 0.717) is 36.8 Å². The minimum absolute atomic E-state index is 0.110. The molecule has 0 radical (unpaired) electrons. The quantitative estimate of drug-likeness (QED) is 0.443. The molecule has 194 valence electrons. The largest absolute Gasteiger partial charge is 0.352 e. The molecule has 0 fully saturated rings. The standard InChI is InChI=1S/C26H41N5O3S/c1-18(2)21-12-11-20(23(28-21)16-30(4)5)26(32)27-15-9-10-19(3)22-13-14-25(35(8,33)34)24(29-22)17-31(6)7/h11-14,18-19H,9-10,15-17H2,1-8H3,(H,27,32). The van der Waals surface area contributed by atoms with Crippen LogP contribution in [0, 0.1) is 0 Å². The van der Waals surface area contributed by atoms with Gasteiger partial charge in [-0.3, -0.25) is 14.8 Å². The SMILES string of the molecule is CC(C)c1ccc(C(=O)NCCCC(C)c2ccc(S(C)(=O)=O)c(CN(C)C)n2)c(CN(C)C)n1. The van der Waals surface area contributed by atoms with Gasteiger partial charge in [0.25, 0.3) is 5.91 Å². The van der Waals surface area contributed by atoms with Crippen molar-refractivity contribution in [3.05, 3.63) is 52.6 Å². The summed E-state index contributed by atoms with van der Waals surface area (Å²) in [6.07, 6.45) is 2.82. The van der Waals surface area contributed by atoms with Crippen LogP contribution in [0.4, 0.5) is 0 Å². The summed E-state index contributed by atoms with van der Waals surface area (Å²) in [5.41, 5.74) is 3.82. The van der Waals surface area contributed by atoms with Crippen molar-refractivity contribution in [3.8, 4) is 0 Å². The van der Waals surface area contributed by atoms with E-state index in [1.807, 2.05) is 50.1 Å². The van der Waals surface area contributed by atoms with E-state index in [4.69, 9.17) is 4.98 Å². The molecule has 0 spiro atoms. The third kappa shape index (κ3) is 8.66. The molecule has 1 N–H and O–H groups in total. The summed E-state index contributed by atoms with van der Waals surface area (Å²) >= 11 is 0. The van der Waals surface area contributed by atoms with Crippen molar-refractivity contribution >= 4 is 15.7 Å². The highest BCUT2D eigenvalue weighted by Crippen LogP contribution is 2.23. The van der Waals surface area contributed by atoms with Crippen LogP contribution in [0.15, 0.2) is 29.2 Å². The zero-order valence-electron chi connectivity index (χ0n) is 22.4. The molecule has 0 aliphatic carbocycles. The fourth-order valence-electron chi connectivity index (χ4n) is 3.85. The average Bonchev–Trinajstić information content (AvgIpc) is 2.74. The number of nitrogens with zero attached hydrogens (tertiary/aromatic N) is 4. The molecule has 1 amide bonds. The van der Waals surface area contributed by atoms with Crippen molar-refractivity contribution in [2.75, 3.05) is 41.0 Å². The summed E-state index contributed by atoms with van der Waals surface area (Å²) in [4.78, 5) is 26.5. The highest BCUT2D eigenvalue weighted by atomic mass is 32.2. The molecule has 0 saturated heterocycles. The normalized spacial score (nSPS) is 13.0. The van der Waals surface area contributed by atoms with Gasteiger partial charge in [0.1, 0.15) is 0 Å². The maximum atomic E-state index is 12.9. The summed E-state index contributed by atoms with van der Waals surface area (Å²) < 4.78 is 24.3. The number of sulfone groups is 1. The number of aromatic nitrogens is 2. The van der Waals surface area contributed by atoms with Crippen molar-refractivity contribution < 1.29 is 13.2 Å². The van der Waals surface area contributed by atoms with Crippen LogP contribution in [0.25, 0.3) is 0 Å². The molecule has 9 heteroatoms. The third-order valence-electron chi connectivity index (χ3n) is 5.72. The minimum atomic E-state index is -3.34. The molecular weight excluding hydrogens is 462 g/mol. The van der Waals surface area contributed by atoms with Crippen LogP contribution in [0.2, 0.25) is 0 Å². The zero-order chi connectivity index (χ0) is 26.3. The maximum Gasteiger partial charge on any atom is 0.253 e. The first-order valence-corrected chi connectivity index (χ1v) is 14.0. The predicted molar refractivity (Wildman–Crippen MR) is 140 cm³/mol. The Morgan fingerprint density at radius 1 is 0.914 bits per heavy atom. The molecule has 0 aliphatic heterocycles. The van der Waals surface area contributed by atoms with Crippen LogP contribution in [-0.2, 0) is 22.9 Å². The summed E-state index contributed by atoms with van der Waals surface area (Å²) in [7, 11) is 4.37. The van der Waals surface area contributed by atoms with E-state index < -0.39 is 9.84 Å². The Bertz CT molecular complexity index is 1110. The summed E-state index contributed by atoms with van der Waals surface area (Å²) in [5, 5.41) is 3.03. The van der Waals surface area contributed by atoms with Gasteiger partial charge in [0.05, 0.1) is 21.8 Å². The Morgan fingerprint density at radius 2 is 1.49 bits per heavy atom. The fraction of sp³-hybridized carbons (Fsp3) is 0.577. The molecular formula is C26H41N5O3S. The summed E-state index contributed by atoms with van der Waals surface area (Å²) in [6, 6.07) is 7.26. The maximum absolute atomic E-state index is 12.9. The molecule has 0 saturated carbocycles. The second-order valence-corrected chi connectivity index (χ2v) is 12.1. The molecule has 8 nitrogen and oxygen atoms in total. The monoisotopic (exact) mass is 503 g/mol. The first kappa shape index (κ1) is 28.9. The van der Waals surface area contributed by atoms with Gasteiger partial charge < -0.3 is 15.1 Å². The lowest BCUT2D eigenvalue weighted by molar-refractivity contribution is 0.0950. The summed E-state index contributed by atoms with van der Waals surface area (Å²) in [6.45, 7) is 7.87. The van der Waals surface area contributed by atoms with Gasteiger partial charge >= 0.3 is 0 Å². The molecule has 0 aromatic carbocycles. The molecule has 0 bridgehead atoms. The van der Waals surface area contributed by atoms with E-state index >= 15 is 0 Å². The second kappa shape index (κ2) is 12.6. The van der Waals surface area contributed by atoms with Crippen LogP contribution < -0.4 is 5.32 Å². The summed E-state index contributed by atoms with van der Waals surface area (Å²) in [5.74, 6) is 0.326. The van der Waals surface area contributed by atoms with Gasteiger partial charge in [0.15, 0.2) is 9.84 Å². The lowest BCUT2D eigenvalue weighted by Gasteiger charge is -2.17. The van der Waals surface area contributed by atoms with Crippen LogP contribution in [0.3, 0.4) is 0 Å². The Balaban J connectivity index is 2.02. The molecule has 2 aromatic heterocycles. The molecule has 0 aliphatic rings. The number of hydrogen-bond donors (Lipinski definition) is 1. The van der Waals surface area contributed by atoms with Gasteiger partial charge in [-0.1, -0.05) is 20.8 Å². The number of hydrogen-bond acceptors (Lipinski definition) is 7. The van der Waals surface area contributed by atoms with E-state index in [1.165, 1.54) is 6.26 Å². The molecule has 35 heavy (non-hydrogen) atoms. The predicted octanol–water partition coefficient (Wildman–Crippen LogP) is 3.44. The van der Waals surface area contributed by atoms with Gasteiger partial charge in [-0.15, -0.1) is 0 Å². The lowest BCUT2D eigenvalue weighted by Crippen LogP contribution is -2.27. The molecule has 1 unspecified atom stereocenters. The number of nitrogens with one attached hydrogen (secondary N) is 1. The van der Waals surface area contributed by atoms with Gasteiger partial charge in [-0.25, -0.2) is 8.42 Å². The number of pyridine rings is 2. The Hall–Kier alpha value is -2.36. The Morgan fingerprint density at radius 3 is 2.06 bits per heavy atom. The molecule has 1 atom stereocenters. The fourth-order valence-corrected chi connectivity index (χ4v) is 4.70. The van der Waals surface area contributed by atoms with Crippen LogP contribution in [0.5, 0.6) is 0 Å². The van der Waals surface area contributed by atoms with E-state index in [2.05, 4.69) is 31.1 Å². The van der Waals surface area contributed by atoms with Crippen LogP contribution >= 0.6 is 0 Å². The lowest BCUT2D eigenvalue weighted by atomic mass is 10.0. The van der Waals surface area contributed by atoms with Crippen molar-refractivity contribution in [1.82, 2.24) is 25.1 Å². The molecule has 2 rings (SSSR count). The Labute approximate surface area is 211 Å². The van der Waals surface area contributed by atoms with Gasteiger partial charge in [-0.2, -0.15) is 0 Å². The number of rotatable bonds is 12. The zero-order valence-corrected chi connectivity index (χ0v) is 23.2. The van der Waals surface area contributed by atoms with Gasteiger partial charge in [0.2, 0.25) is 0 Å². The van der Waals surface area contributed by atoms with Gasteiger partial charge in [0, 0.05) is 37.3 Å². The average molecular weight is 504 g/mol. The first-order chi connectivity index (χ1) is 16.3. The Kier molecular flexibility index (Phi) is 10.4. The van der Waals surface area contributed by atoms with Gasteiger partial charge in [-0.05, 0) is 77.1 Å². The van der Waals surface area contributed by atoms with E-state index in [9.17, 15) is 13.2 Å². The van der Waals surface area contributed by atoms with Crippen molar-refractivity contribution in [2.45, 2.75) is 63.4 Å². The highest BCUT2D eigenvalue weighted by Gasteiger charge is 2.19. The molecule has 2 heterocycles. The highest BCUT2D eigenvalue weighted by molar-refractivity contribution is 7.90. The van der Waals surface area contributed by atoms with Crippen molar-refractivity contribution in [3.63, 3.8) is 0 Å². The van der Waals surface area contributed by atoms with Crippen molar-refractivity contribution in [2.24, 2.45) is 0 Å². The van der Waals surface area contributed by atoms with Crippen LogP contribution in [0.1, 0.15) is 78.6 Å². The second-order valence-electron chi connectivity index (χ2n) is 10.1. The van der Waals surface area contributed by atoms with Crippen LogP contribution in [-0.4, -0.2) is 75.1 Å². The number of carbonyl (C=O) groups is 1. The van der Waals surface area contributed by atoms with Crippen molar-refractivity contribution in [1.29, 1.82) is 0 Å². The minimum Gasteiger partial charge on any atom is -0.352 e. The number of carbonyl (C=O) groups excluding carboxylic acids is 1. The van der Waals surface area contributed by atoms with E-state index in [1.54, 1.807) is 12.1 Å².